The van der Waals surface area contributed by atoms with Crippen LogP contribution < -0.4 is 10.2 Å². The van der Waals surface area contributed by atoms with E-state index in [1.54, 1.807) is 6.07 Å². The molecule has 0 aliphatic carbocycles. The van der Waals surface area contributed by atoms with E-state index in [0.29, 0.717) is 11.5 Å². The first kappa shape index (κ1) is 12.0. The van der Waals surface area contributed by atoms with Crippen molar-refractivity contribution in [2.45, 2.75) is 12.8 Å². The summed E-state index contributed by atoms with van der Waals surface area (Å²) in [4.78, 5) is 6.80. The van der Waals surface area contributed by atoms with Gasteiger partial charge in [0.05, 0.1) is 11.9 Å². The summed E-state index contributed by atoms with van der Waals surface area (Å²) in [5.74, 6) is 1.70. The van der Waals surface area contributed by atoms with E-state index in [2.05, 4.69) is 35.8 Å². The van der Waals surface area contributed by atoms with Gasteiger partial charge in [-0.05, 0) is 47.5 Å². The third kappa shape index (κ3) is 2.35. The van der Waals surface area contributed by atoms with Crippen LogP contribution in [0.25, 0.3) is 5.65 Å². The molecule has 0 spiro atoms. The molecule has 4 rings (SSSR count). The van der Waals surface area contributed by atoms with Gasteiger partial charge in [-0.1, -0.05) is 0 Å². The molecular formula is C13H14N8. The van der Waals surface area contributed by atoms with E-state index in [4.69, 9.17) is 0 Å². The Morgan fingerprint density at radius 2 is 1.95 bits per heavy atom. The molecule has 1 saturated heterocycles. The Labute approximate surface area is 120 Å². The molecule has 106 valence electrons. The van der Waals surface area contributed by atoms with E-state index < -0.39 is 0 Å². The van der Waals surface area contributed by atoms with Crippen LogP contribution in [0.15, 0.2) is 30.5 Å². The molecule has 3 aromatic rings. The first-order chi connectivity index (χ1) is 10.4. The fourth-order valence-electron chi connectivity index (χ4n) is 2.46. The van der Waals surface area contributed by atoms with Gasteiger partial charge in [0.2, 0.25) is 0 Å². The van der Waals surface area contributed by atoms with Gasteiger partial charge in [-0.2, -0.15) is 0 Å². The van der Waals surface area contributed by atoms with E-state index in [9.17, 15) is 0 Å². The Balaban J connectivity index is 1.53. The van der Waals surface area contributed by atoms with Gasteiger partial charge in [-0.25, -0.2) is 4.98 Å². The van der Waals surface area contributed by atoms with Gasteiger partial charge in [-0.3, -0.25) is 0 Å². The van der Waals surface area contributed by atoms with Gasteiger partial charge in [0, 0.05) is 13.1 Å². The van der Waals surface area contributed by atoms with Crippen molar-refractivity contribution in [2.24, 2.45) is 0 Å². The molecule has 21 heavy (non-hydrogen) atoms. The summed E-state index contributed by atoms with van der Waals surface area (Å²) >= 11 is 0. The zero-order valence-corrected chi connectivity index (χ0v) is 11.3. The zero-order chi connectivity index (χ0) is 14.1. The van der Waals surface area contributed by atoms with Crippen LogP contribution in [0.4, 0.5) is 17.3 Å². The van der Waals surface area contributed by atoms with Crippen molar-refractivity contribution in [1.82, 2.24) is 30.2 Å². The second-order valence-corrected chi connectivity index (χ2v) is 4.97. The summed E-state index contributed by atoms with van der Waals surface area (Å²) in [5, 5.41) is 18.6. The lowest BCUT2D eigenvalue weighted by molar-refractivity contribution is 0.736. The highest BCUT2D eigenvalue weighted by molar-refractivity contribution is 5.58. The Bertz CT molecular complexity index is 744. The summed E-state index contributed by atoms with van der Waals surface area (Å²) in [6, 6.07) is 7.68. The first-order valence-corrected chi connectivity index (χ1v) is 6.92. The summed E-state index contributed by atoms with van der Waals surface area (Å²) in [6.07, 6.45) is 4.31. The lowest BCUT2D eigenvalue weighted by Gasteiger charge is -2.16. The molecule has 1 aliphatic rings. The Hall–Kier alpha value is -2.77. The van der Waals surface area contributed by atoms with Gasteiger partial charge < -0.3 is 10.2 Å². The van der Waals surface area contributed by atoms with Crippen molar-refractivity contribution in [1.29, 1.82) is 0 Å². The highest BCUT2D eigenvalue weighted by Crippen LogP contribution is 2.20. The van der Waals surface area contributed by atoms with Crippen LogP contribution in [0.5, 0.6) is 0 Å². The molecule has 0 bridgehead atoms. The number of pyridine rings is 1. The van der Waals surface area contributed by atoms with Crippen LogP contribution in [0, 0.1) is 0 Å². The van der Waals surface area contributed by atoms with Gasteiger partial charge in [0.15, 0.2) is 11.5 Å². The fraction of sp³-hybridized carbons (Fsp3) is 0.308. The number of hydrogen-bond acceptors (Lipinski definition) is 7. The molecule has 0 radical (unpaired) electrons. The number of anilines is 3. The smallest absolute Gasteiger partial charge is 0.200 e. The van der Waals surface area contributed by atoms with Crippen LogP contribution >= 0.6 is 0 Å². The zero-order valence-electron chi connectivity index (χ0n) is 11.3. The molecule has 8 heteroatoms. The number of fused-ring (bicyclic) bond motifs is 1. The highest BCUT2D eigenvalue weighted by Gasteiger charge is 2.13. The number of nitrogens with one attached hydrogen (secondary N) is 1. The third-order valence-electron chi connectivity index (χ3n) is 3.52. The largest absolute Gasteiger partial charge is 0.357 e. The van der Waals surface area contributed by atoms with Crippen LogP contribution in [0.1, 0.15) is 12.8 Å². The topological polar surface area (TPSA) is 84.1 Å². The van der Waals surface area contributed by atoms with Crippen molar-refractivity contribution >= 4 is 23.0 Å². The monoisotopic (exact) mass is 282 g/mol. The van der Waals surface area contributed by atoms with Crippen LogP contribution in [-0.4, -0.2) is 43.3 Å². The van der Waals surface area contributed by atoms with Crippen LogP contribution in [-0.2, 0) is 0 Å². The van der Waals surface area contributed by atoms with E-state index in [-0.39, 0.29) is 0 Å². The van der Waals surface area contributed by atoms with Gasteiger partial charge in [0.1, 0.15) is 5.82 Å². The molecule has 0 atom stereocenters. The van der Waals surface area contributed by atoms with E-state index in [1.807, 2.05) is 24.4 Å². The maximum Gasteiger partial charge on any atom is 0.200 e. The van der Waals surface area contributed by atoms with Crippen molar-refractivity contribution in [3.8, 4) is 0 Å². The molecule has 0 unspecified atom stereocenters. The average molecular weight is 282 g/mol. The third-order valence-corrected chi connectivity index (χ3v) is 3.52. The van der Waals surface area contributed by atoms with Crippen LogP contribution in [0.2, 0.25) is 0 Å². The van der Waals surface area contributed by atoms with E-state index in [1.165, 1.54) is 17.5 Å². The Morgan fingerprint density at radius 1 is 1.05 bits per heavy atom. The van der Waals surface area contributed by atoms with Crippen molar-refractivity contribution in [3.63, 3.8) is 0 Å². The van der Waals surface area contributed by atoms with Gasteiger partial charge >= 0.3 is 0 Å². The standard InChI is InChI=1S/C13H14N8/c1-2-8-20(7-1)12-5-3-10(9-14-12)15-11-4-6-13-16-18-19-21(13)17-11/h3-6,9H,1-2,7-8H2,(H,15,17). The fourth-order valence-corrected chi connectivity index (χ4v) is 2.46. The number of aromatic nitrogens is 6. The van der Waals surface area contributed by atoms with Crippen molar-refractivity contribution in [2.75, 3.05) is 23.3 Å². The second kappa shape index (κ2) is 4.97. The number of nitrogens with zero attached hydrogens (tertiary/aromatic N) is 7. The molecule has 4 heterocycles. The molecule has 8 nitrogen and oxygen atoms in total. The molecule has 0 saturated carbocycles. The average Bonchev–Trinajstić information content (AvgIpc) is 3.19. The van der Waals surface area contributed by atoms with Crippen molar-refractivity contribution < 1.29 is 0 Å². The number of tetrazole rings is 1. The molecule has 0 aromatic carbocycles. The summed E-state index contributed by atoms with van der Waals surface area (Å²) in [7, 11) is 0. The normalized spacial score (nSPS) is 14.8. The highest BCUT2D eigenvalue weighted by atomic mass is 15.6. The minimum atomic E-state index is 0.614. The first-order valence-electron chi connectivity index (χ1n) is 6.92. The van der Waals surface area contributed by atoms with E-state index in [0.717, 1.165) is 24.6 Å². The second-order valence-electron chi connectivity index (χ2n) is 4.97. The number of hydrogen-bond donors (Lipinski definition) is 1. The maximum absolute atomic E-state index is 4.50. The Kier molecular flexibility index (Phi) is 2.84. The lowest BCUT2D eigenvalue weighted by Crippen LogP contribution is -2.18. The lowest BCUT2D eigenvalue weighted by atomic mass is 10.3. The quantitative estimate of drug-likeness (QED) is 0.774. The van der Waals surface area contributed by atoms with Crippen molar-refractivity contribution in [3.05, 3.63) is 30.5 Å². The van der Waals surface area contributed by atoms with Gasteiger partial charge in [-0.15, -0.1) is 14.8 Å². The molecule has 1 aliphatic heterocycles. The molecule has 3 aromatic heterocycles. The predicted molar refractivity (Wildman–Crippen MR) is 77.5 cm³/mol. The Morgan fingerprint density at radius 3 is 2.76 bits per heavy atom. The molecular weight excluding hydrogens is 268 g/mol. The van der Waals surface area contributed by atoms with Gasteiger partial charge in [0.25, 0.3) is 0 Å². The minimum absolute atomic E-state index is 0.614. The predicted octanol–water partition coefficient (Wildman–Crippen LogP) is 1.26. The minimum Gasteiger partial charge on any atom is -0.357 e. The molecule has 1 N–H and O–H groups in total. The van der Waals surface area contributed by atoms with E-state index >= 15 is 0 Å². The summed E-state index contributed by atoms with van der Waals surface area (Å²) < 4.78 is 1.38. The summed E-state index contributed by atoms with van der Waals surface area (Å²) in [5.41, 5.74) is 1.50. The maximum atomic E-state index is 4.50. The number of rotatable bonds is 3. The van der Waals surface area contributed by atoms with Crippen LogP contribution in [0.3, 0.4) is 0 Å². The SMILES string of the molecule is c1cc(N2CCCC2)ncc1Nc1ccc2nnnn2n1. The molecule has 1 fully saturated rings. The summed E-state index contributed by atoms with van der Waals surface area (Å²) in [6.45, 7) is 2.19. The molecule has 0 amide bonds.